The molecule has 3 nitrogen and oxygen atoms in total. The van der Waals surface area contributed by atoms with Gasteiger partial charge in [-0.1, -0.05) is 18.2 Å². The predicted molar refractivity (Wildman–Crippen MR) is 86.7 cm³/mol. The molecule has 1 saturated heterocycles. The lowest BCUT2D eigenvalue weighted by Crippen LogP contribution is -2.43. The third kappa shape index (κ3) is 2.25. The molecule has 0 bridgehead atoms. The highest BCUT2D eigenvalue weighted by Gasteiger charge is 2.28. The molecule has 1 aliphatic heterocycles. The van der Waals surface area contributed by atoms with E-state index in [1.165, 1.54) is 17.3 Å². The van der Waals surface area contributed by atoms with E-state index in [0.717, 1.165) is 37.2 Å². The van der Waals surface area contributed by atoms with E-state index in [2.05, 4.69) is 42.4 Å². The van der Waals surface area contributed by atoms with Crippen molar-refractivity contribution in [2.24, 2.45) is 0 Å². The molecule has 0 spiro atoms. The summed E-state index contributed by atoms with van der Waals surface area (Å²) < 4.78 is 2.17. The zero-order chi connectivity index (χ0) is 15.0. The minimum absolute atomic E-state index is 0.206. The molecule has 1 atom stereocenters. The Morgan fingerprint density at radius 1 is 1.29 bits per heavy atom. The van der Waals surface area contributed by atoms with Crippen LogP contribution in [0.4, 0.5) is 0 Å². The Balaban J connectivity index is 2.11. The maximum atomic E-state index is 13.1. The van der Waals surface area contributed by atoms with Crippen LogP contribution in [0.3, 0.4) is 0 Å². The minimum atomic E-state index is 0.206. The second-order valence-electron chi connectivity index (χ2n) is 6.08. The van der Waals surface area contributed by atoms with Gasteiger partial charge in [0.05, 0.1) is 0 Å². The van der Waals surface area contributed by atoms with Crippen molar-refractivity contribution in [2.75, 3.05) is 6.54 Å². The molecule has 112 valence electrons. The maximum absolute atomic E-state index is 13.1. The molecule has 2 aromatic rings. The van der Waals surface area contributed by atoms with Crippen LogP contribution in [0.5, 0.6) is 0 Å². The second-order valence-corrected chi connectivity index (χ2v) is 6.08. The SMILES string of the molecule is CCn1c(C(=O)N2CCCCC2C)c(C)c2ccccc21. The number of para-hydroxylation sites is 1. The summed E-state index contributed by atoms with van der Waals surface area (Å²) in [6.07, 6.45) is 3.49. The Kier molecular flexibility index (Phi) is 3.75. The van der Waals surface area contributed by atoms with Crippen LogP contribution < -0.4 is 0 Å². The zero-order valence-electron chi connectivity index (χ0n) is 13.2. The fourth-order valence-corrected chi connectivity index (χ4v) is 3.62. The van der Waals surface area contributed by atoms with Gasteiger partial charge >= 0.3 is 0 Å². The Hall–Kier alpha value is -1.77. The molecule has 21 heavy (non-hydrogen) atoms. The number of piperidine rings is 1. The number of hydrogen-bond donors (Lipinski definition) is 0. The monoisotopic (exact) mass is 284 g/mol. The summed E-state index contributed by atoms with van der Waals surface area (Å²) in [5.41, 5.74) is 3.17. The summed E-state index contributed by atoms with van der Waals surface area (Å²) in [7, 11) is 0. The van der Waals surface area contributed by atoms with Crippen molar-refractivity contribution in [1.29, 1.82) is 0 Å². The van der Waals surface area contributed by atoms with Crippen LogP contribution in [-0.2, 0) is 6.54 Å². The molecule has 0 N–H and O–H groups in total. The molecule has 3 heteroatoms. The van der Waals surface area contributed by atoms with E-state index in [-0.39, 0.29) is 5.91 Å². The third-order valence-corrected chi connectivity index (χ3v) is 4.81. The van der Waals surface area contributed by atoms with Crippen LogP contribution in [0.1, 0.15) is 49.2 Å². The fraction of sp³-hybridized carbons (Fsp3) is 0.500. The van der Waals surface area contributed by atoms with Gasteiger partial charge in [0, 0.05) is 30.0 Å². The smallest absolute Gasteiger partial charge is 0.271 e. The van der Waals surface area contributed by atoms with Gasteiger partial charge in [0.2, 0.25) is 0 Å². The van der Waals surface area contributed by atoms with Gasteiger partial charge in [0.25, 0.3) is 5.91 Å². The first-order chi connectivity index (χ1) is 10.1. The number of likely N-dealkylation sites (tertiary alicyclic amines) is 1. The summed E-state index contributed by atoms with van der Waals surface area (Å²) in [5, 5.41) is 1.20. The number of aryl methyl sites for hydroxylation is 2. The van der Waals surface area contributed by atoms with Gasteiger partial charge in [0.1, 0.15) is 5.69 Å². The predicted octanol–water partition coefficient (Wildman–Crippen LogP) is 3.98. The van der Waals surface area contributed by atoms with Crippen LogP contribution in [0.25, 0.3) is 10.9 Å². The number of amides is 1. The molecule has 0 saturated carbocycles. The summed E-state index contributed by atoms with van der Waals surface area (Å²) in [5.74, 6) is 0.206. The van der Waals surface area contributed by atoms with E-state index in [1.807, 2.05) is 12.1 Å². The average molecular weight is 284 g/mol. The standard InChI is InChI=1S/C18H24N2O/c1-4-19-16-11-6-5-10-15(16)14(3)17(19)18(21)20-12-8-7-9-13(20)2/h5-6,10-11,13H,4,7-9,12H2,1-3H3. The van der Waals surface area contributed by atoms with Crippen molar-refractivity contribution in [2.45, 2.75) is 52.6 Å². The second kappa shape index (κ2) is 5.55. The van der Waals surface area contributed by atoms with Crippen molar-refractivity contribution in [3.63, 3.8) is 0 Å². The Bertz CT molecular complexity index is 671. The van der Waals surface area contributed by atoms with Crippen molar-refractivity contribution in [3.8, 4) is 0 Å². The van der Waals surface area contributed by atoms with E-state index < -0.39 is 0 Å². The molecule has 1 amide bonds. The van der Waals surface area contributed by atoms with E-state index in [1.54, 1.807) is 0 Å². The number of carbonyl (C=O) groups excluding carboxylic acids is 1. The number of nitrogens with zero attached hydrogens (tertiary/aromatic N) is 2. The highest BCUT2D eigenvalue weighted by Crippen LogP contribution is 2.28. The van der Waals surface area contributed by atoms with Gasteiger partial charge in [-0.3, -0.25) is 4.79 Å². The normalized spacial score (nSPS) is 19.2. The van der Waals surface area contributed by atoms with E-state index in [4.69, 9.17) is 0 Å². The third-order valence-electron chi connectivity index (χ3n) is 4.81. The van der Waals surface area contributed by atoms with Crippen molar-refractivity contribution >= 4 is 16.8 Å². The van der Waals surface area contributed by atoms with Gasteiger partial charge in [0.15, 0.2) is 0 Å². The molecule has 1 aromatic heterocycles. The molecule has 1 fully saturated rings. The van der Waals surface area contributed by atoms with E-state index in [0.29, 0.717) is 6.04 Å². The summed E-state index contributed by atoms with van der Waals surface area (Å²) in [6.45, 7) is 8.09. The Labute approximate surface area is 126 Å². The van der Waals surface area contributed by atoms with Crippen LogP contribution in [0.2, 0.25) is 0 Å². The van der Waals surface area contributed by atoms with Crippen molar-refractivity contribution in [1.82, 2.24) is 9.47 Å². The number of aromatic nitrogens is 1. The molecular formula is C18H24N2O. The molecule has 0 radical (unpaired) electrons. The number of hydrogen-bond acceptors (Lipinski definition) is 1. The molecular weight excluding hydrogens is 260 g/mol. The average Bonchev–Trinajstić information content (AvgIpc) is 2.80. The highest BCUT2D eigenvalue weighted by molar-refractivity contribution is 6.01. The minimum Gasteiger partial charge on any atom is -0.337 e. The maximum Gasteiger partial charge on any atom is 0.271 e. The first kappa shape index (κ1) is 14.2. The van der Waals surface area contributed by atoms with Gasteiger partial charge < -0.3 is 9.47 Å². The lowest BCUT2D eigenvalue weighted by molar-refractivity contribution is 0.0624. The quantitative estimate of drug-likeness (QED) is 0.818. The Morgan fingerprint density at radius 2 is 2.05 bits per heavy atom. The van der Waals surface area contributed by atoms with Crippen molar-refractivity contribution in [3.05, 3.63) is 35.5 Å². The van der Waals surface area contributed by atoms with Crippen LogP contribution >= 0.6 is 0 Å². The number of carbonyl (C=O) groups is 1. The molecule has 1 aliphatic rings. The van der Waals surface area contributed by atoms with E-state index in [9.17, 15) is 4.79 Å². The number of fused-ring (bicyclic) bond motifs is 1. The summed E-state index contributed by atoms with van der Waals surface area (Å²) >= 11 is 0. The molecule has 0 aliphatic carbocycles. The topological polar surface area (TPSA) is 25.2 Å². The molecule has 1 aromatic carbocycles. The van der Waals surface area contributed by atoms with Gasteiger partial charge in [-0.05, 0) is 51.7 Å². The zero-order valence-corrected chi connectivity index (χ0v) is 13.2. The van der Waals surface area contributed by atoms with Gasteiger partial charge in [-0.2, -0.15) is 0 Å². The lowest BCUT2D eigenvalue weighted by Gasteiger charge is -2.33. The van der Waals surface area contributed by atoms with Crippen LogP contribution in [-0.4, -0.2) is 28.0 Å². The van der Waals surface area contributed by atoms with Gasteiger partial charge in [-0.25, -0.2) is 0 Å². The molecule has 3 rings (SSSR count). The van der Waals surface area contributed by atoms with Crippen LogP contribution in [0, 0.1) is 6.92 Å². The van der Waals surface area contributed by atoms with E-state index >= 15 is 0 Å². The largest absolute Gasteiger partial charge is 0.337 e. The number of rotatable bonds is 2. The fourth-order valence-electron chi connectivity index (χ4n) is 3.62. The summed E-state index contributed by atoms with van der Waals surface area (Å²) in [4.78, 5) is 15.2. The molecule has 1 unspecified atom stereocenters. The summed E-state index contributed by atoms with van der Waals surface area (Å²) in [6, 6.07) is 8.68. The number of benzene rings is 1. The van der Waals surface area contributed by atoms with Crippen LogP contribution in [0.15, 0.2) is 24.3 Å². The first-order valence-electron chi connectivity index (χ1n) is 8.04. The Morgan fingerprint density at radius 3 is 2.76 bits per heavy atom. The molecule has 2 heterocycles. The van der Waals surface area contributed by atoms with Crippen molar-refractivity contribution < 1.29 is 4.79 Å². The van der Waals surface area contributed by atoms with Gasteiger partial charge in [-0.15, -0.1) is 0 Å². The lowest BCUT2D eigenvalue weighted by atomic mass is 10.0. The highest BCUT2D eigenvalue weighted by atomic mass is 16.2. The first-order valence-corrected chi connectivity index (χ1v) is 8.04.